The van der Waals surface area contributed by atoms with Crippen LogP contribution in [-0.2, 0) is 14.0 Å². The smallest absolute Gasteiger partial charge is 0.328 e. The van der Waals surface area contributed by atoms with E-state index in [9.17, 15) is 4.79 Å². The van der Waals surface area contributed by atoms with Gasteiger partial charge in [0.1, 0.15) is 5.54 Å². The van der Waals surface area contributed by atoms with Gasteiger partial charge in [0.05, 0.1) is 18.9 Å². The summed E-state index contributed by atoms with van der Waals surface area (Å²) < 4.78 is 11.3. The van der Waals surface area contributed by atoms with Crippen LogP contribution in [0.1, 0.15) is 23.6 Å². The lowest BCUT2D eigenvalue weighted by molar-refractivity contribution is -0.145. The van der Waals surface area contributed by atoms with Crippen LogP contribution in [0.3, 0.4) is 0 Å². The predicted octanol–water partition coefficient (Wildman–Crippen LogP) is 3.40. The lowest BCUT2D eigenvalue weighted by Gasteiger charge is -2.27. The van der Waals surface area contributed by atoms with Crippen LogP contribution in [0.15, 0.2) is 36.1 Å². The Hall–Kier alpha value is -1.59. The van der Waals surface area contributed by atoms with Gasteiger partial charge in [0, 0.05) is 13.0 Å². The minimum atomic E-state index is -1.68. The molecule has 0 spiro atoms. The van der Waals surface area contributed by atoms with Gasteiger partial charge in [-0.1, -0.05) is 29.8 Å². The molecule has 2 aliphatic rings. The van der Waals surface area contributed by atoms with Crippen molar-refractivity contribution in [1.29, 1.82) is 0 Å². The van der Waals surface area contributed by atoms with Gasteiger partial charge in [-0.3, -0.25) is 4.90 Å². The fourth-order valence-electron chi connectivity index (χ4n) is 3.55. The van der Waals surface area contributed by atoms with E-state index >= 15 is 0 Å². The normalized spacial score (nSPS) is 29.3. The molecule has 1 saturated heterocycles. The first kappa shape index (κ1) is 16.3. The summed E-state index contributed by atoms with van der Waals surface area (Å²) in [7, 11) is -0.212. The van der Waals surface area contributed by atoms with Crippen molar-refractivity contribution >= 4 is 14.3 Å². The average molecular weight is 331 g/mol. The Balaban J connectivity index is 1.89. The monoisotopic (exact) mass is 331 g/mol. The standard InChI is InChI=1S/C18H25NO3Si/c1-13-6-8-14(9-7-13)16-18(17(20)21-2)12-15(10-11-19(16)18)22-23(3,4)5/h6-10,16H,11-12H2,1-5H3/t16-,18-,19?/m0/s1. The van der Waals surface area contributed by atoms with E-state index in [0.717, 1.165) is 12.3 Å². The summed E-state index contributed by atoms with van der Waals surface area (Å²) in [6, 6.07) is 8.50. The van der Waals surface area contributed by atoms with Crippen molar-refractivity contribution in [2.24, 2.45) is 0 Å². The van der Waals surface area contributed by atoms with E-state index in [2.05, 4.69) is 61.8 Å². The maximum atomic E-state index is 12.6. The quantitative estimate of drug-likeness (QED) is 0.481. The Morgan fingerprint density at radius 1 is 1.26 bits per heavy atom. The third-order valence-corrected chi connectivity index (χ3v) is 5.41. The number of hydrogen-bond acceptors (Lipinski definition) is 4. The highest BCUT2D eigenvalue weighted by Gasteiger charge is 2.70. The lowest BCUT2D eigenvalue weighted by Crippen LogP contribution is -2.36. The molecular formula is C18H25NO3Si. The summed E-state index contributed by atoms with van der Waals surface area (Å²) in [6.07, 6.45) is 2.72. The van der Waals surface area contributed by atoms with Crippen LogP contribution < -0.4 is 0 Å². The number of benzene rings is 1. The summed E-state index contributed by atoms with van der Waals surface area (Å²) in [5.74, 6) is 0.785. The summed E-state index contributed by atoms with van der Waals surface area (Å²) >= 11 is 0. The van der Waals surface area contributed by atoms with Gasteiger partial charge in [0.2, 0.25) is 8.32 Å². The van der Waals surface area contributed by atoms with Gasteiger partial charge >= 0.3 is 5.97 Å². The molecule has 0 saturated carbocycles. The molecule has 0 amide bonds. The van der Waals surface area contributed by atoms with Crippen molar-refractivity contribution in [3.63, 3.8) is 0 Å². The number of methoxy groups -OCH3 is 1. The van der Waals surface area contributed by atoms with Gasteiger partial charge in [-0.25, -0.2) is 4.79 Å². The summed E-state index contributed by atoms with van der Waals surface area (Å²) in [5, 5.41) is 0. The Morgan fingerprint density at radius 3 is 2.48 bits per heavy atom. The summed E-state index contributed by atoms with van der Waals surface area (Å²) in [6.45, 7) is 9.29. The maximum Gasteiger partial charge on any atom is 0.328 e. The predicted molar refractivity (Wildman–Crippen MR) is 92.5 cm³/mol. The summed E-state index contributed by atoms with van der Waals surface area (Å²) in [5.41, 5.74) is 1.80. The molecule has 0 aromatic heterocycles. The molecule has 1 aromatic carbocycles. The third-order valence-electron chi connectivity index (χ3n) is 4.54. The van der Waals surface area contributed by atoms with Gasteiger partial charge in [-0.2, -0.15) is 0 Å². The molecule has 0 N–H and O–H groups in total. The number of rotatable bonds is 4. The molecule has 1 aromatic rings. The topological polar surface area (TPSA) is 38.5 Å². The number of aryl methyl sites for hydroxylation is 1. The van der Waals surface area contributed by atoms with Crippen LogP contribution in [0.2, 0.25) is 19.6 Å². The molecular weight excluding hydrogens is 306 g/mol. The molecule has 2 aliphatic heterocycles. The van der Waals surface area contributed by atoms with E-state index < -0.39 is 13.9 Å². The number of fused-ring (bicyclic) bond motifs is 1. The van der Waals surface area contributed by atoms with Crippen LogP contribution in [0.25, 0.3) is 0 Å². The second-order valence-corrected chi connectivity index (χ2v) is 11.9. The maximum absolute atomic E-state index is 12.6. The molecule has 4 nitrogen and oxygen atoms in total. The SMILES string of the molecule is COC(=O)[C@@]12CC(O[Si](C)(C)C)=CCN1[C@H]2c1ccc(C)cc1. The van der Waals surface area contributed by atoms with Crippen molar-refractivity contribution < 1.29 is 14.0 Å². The van der Waals surface area contributed by atoms with Crippen molar-refractivity contribution in [3.05, 3.63) is 47.2 Å². The van der Waals surface area contributed by atoms with E-state index in [-0.39, 0.29) is 12.0 Å². The first-order chi connectivity index (χ1) is 10.8. The number of nitrogens with zero attached hydrogens (tertiary/aromatic N) is 1. The van der Waals surface area contributed by atoms with E-state index in [1.165, 1.54) is 18.2 Å². The fourth-order valence-corrected chi connectivity index (χ4v) is 4.49. The van der Waals surface area contributed by atoms with Gasteiger partial charge in [0.25, 0.3) is 0 Å². The molecule has 23 heavy (non-hydrogen) atoms. The second-order valence-electron chi connectivity index (χ2n) is 7.44. The number of esters is 1. The van der Waals surface area contributed by atoms with Gasteiger partial charge in [-0.05, 0) is 38.2 Å². The van der Waals surface area contributed by atoms with Crippen molar-refractivity contribution in [1.82, 2.24) is 4.90 Å². The zero-order chi connectivity index (χ0) is 16.8. The molecule has 3 rings (SSSR count). The fraction of sp³-hybridized carbons (Fsp3) is 0.500. The Labute approximate surface area is 139 Å². The van der Waals surface area contributed by atoms with E-state index in [1.54, 1.807) is 0 Å². The summed E-state index contributed by atoms with van der Waals surface area (Å²) in [4.78, 5) is 14.8. The second kappa shape index (κ2) is 5.49. The van der Waals surface area contributed by atoms with E-state index in [1.807, 2.05) is 0 Å². The van der Waals surface area contributed by atoms with Crippen LogP contribution >= 0.6 is 0 Å². The van der Waals surface area contributed by atoms with Gasteiger partial charge in [0.15, 0.2) is 0 Å². The molecule has 1 fully saturated rings. The van der Waals surface area contributed by atoms with Crippen molar-refractivity contribution in [2.45, 2.75) is 44.6 Å². The Bertz CT molecular complexity index is 647. The highest BCUT2D eigenvalue weighted by Crippen LogP contribution is 2.59. The molecule has 0 aliphatic carbocycles. The molecule has 2 heterocycles. The Morgan fingerprint density at radius 2 is 1.91 bits per heavy atom. The van der Waals surface area contributed by atoms with E-state index in [0.29, 0.717) is 6.42 Å². The number of carbonyl (C=O) groups is 1. The zero-order valence-electron chi connectivity index (χ0n) is 14.6. The molecule has 0 bridgehead atoms. The van der Waals surface area contributed by atoms with Crippen LogP contribution in [0.5, 0.6) is 0 Å². The minimum Gasteiger partial charge on any atom is -0.547 e. The van der Waals surface area contributed by atoms with Gasteiger partial charge in [-0.15, -0.1) is 0 Å². The largest absolute Gasteiger partial charge is 0.547 e. The Kier molecular flexibility index (Phi) is 3.89. The molecule has 5 heteroatoms. The van der Waals surface area contributed by atoms with Crippen LogP contribution in [0.4, 0.5) is 0 Å². The van der Waals surface area contributed by atoms with Crippen molar-refractivity contribution in [3.8, 4) is 0 Å². The molecule has 0 radical (unpaired) electrons. The lowest BCUT2D eigenvalue weighted by atomic mass is 9.94. The first-order valence-corrected chi connectivity index (χ1v) is 11.5. The first-order valence-electron chi connectivity index (χ1n) is 8.08. The number of ether oxygens (including phenoxy) is 1. The number of hydrogen-bond donors (Lipinski definition) is 0. The minimum absolute atomic E-state index is 0.0783. The molecule has 1 unspecified atom stereocenters. The van der Waals surface area contributed by atoms with Crippen molar-refractivity contribution in [2.75, 3.05) is 13.7 Å². The van der Waals surface area contributed by atoms with Gasteiger partial charge < -0.3 is 9.16 Å². The molecule has 3 atom stereocenters. The number of carbonyl (C=O) groups excluding carboxylic acids is 1. The van der Waals surface area contributed by atoms with E-state index in [4.69, 9.17) is 9.16 Å². The highest BCUT2D eigenvalue weighted by atomic mass is 28.4. The average Bonchev–Trinajstić information content (AvgIpc) is 3.14. The van der Waals surface area contributed by atoms with Crippen LogP contribution in [-0.4, -0.2) is 38.4 Å². The highest BCUT2D eigenvalue weighted by molar-refractivity contribution is 6.70. The third kappa shape index (κ3) is 2.83. The zero-order valence-corrected chi connectivity index (χ0v) is 15.6. The van der Waals surface area contributed by atoms with Crippen LogP contribution in [0, 0.1) is 6.92 Å². The molecule has 124 valence electrons.